The fraction of sp³-hybridized carbons (Fsp3) is 0.381. The van der Waals surface area contributed by atoms with Gasteiger partial charge in [-0.3, -0.25) is 0 Å². The molecule has 27 heavy (non-hydrogen) atoms. The SMILES string of the molecule is CC[C@@H](C)NC(=O)N1CC(OC(c2ccc(Cl)cc2)c2ccccc2Cl)C1. The van der Waals surface area contributed by atoms with E-state index in [1.165, 1.54) is 0 Å². The summed E-state index contributed by atoms with van der Waals surface area (Å²) in [6, 6.07) is 15.4. The van der Waals surface area contributed by atoms with E-state index in [0.717, 1.165) is 17.5 Å². The molecule has 2 aromatic carbocycles. The number of halogens is 2. The average molecular weight is 407 g/mol. The third-order valence-electron chi connectivity index (χ3n) is 4.81. The molecule has 1 aliphatic rings. The summed E-state index contributed by atoms with van der Waals surface area (Å²) < 4.78 is 6.34. The first-order valence-corrected chi connectivity index (χ1v) is 9.94. The molecule has 2 atom stereocenters. The first kappa shape index (κ1) is 20.0. The fourth-order valence-electron chi connectivity index (χ4n) is 2.94. The van der Waals surface area contributed by atoms with Gasteiger partial charge < -0.3 is 15.0 Å². The van der Waals surface area contributed by atoms with Crippen LogP contribution in [-0.2, 0) is 4.74 Å². The number of ether oxygens (including phenoxy) is 1. The van der Waals surface area contributed by atoms with Gasteiger partial charge in [0.05, 0.1) is 19.2 Å². The van der Waals surface area contributed by atoms with Crippen molar-refractivity contribution in [3.63, 3.8) is 0 Å². The van der Waals surface area contributed by atoms with Crippen LogP contribution in [0.5, 0.6) is 0 Å². The van der Waals surface area contributed by atoms with E-state index >= 15 is 0 Å². The minimum atomic E-state index is -0.305. The van der Waals surface area contributed by atoms with Gasteiger partial charge in [0.1, 0.15) is 6.10 Å². The van der Waals surface area contributed by atoms with Crippen LogP contribution in [0.3, 0.4) is 0 Å². The minimum Gasteiger partial charge on any atom is -0.362 e. The van der Waals surface area contributed by atoms with Crippen LogP contribution >= 0.6 is 23.2 Å². The first-order valence-electron chi connectivity index (χ1n) is 9.18. The topological polar surface area (TPSA) is 41.6 Å². The van der Waals surface area contributed by atoms with Crippen LogP contribution < -0.4 is 5.32 Å². The van der Waals surface area contributed by atoms with Crippen molar-refractivity contribution in [3.05, 3.63) is 69.7 Å². The number of benzene rings is 2. The second kappa shape index (κ2) is 8.96. The number of carbonyl (C=O) groups is 1. The third kappa shape index (κ3) is 4.95. The van der Waals surface area contributed by atoms with Crippen molar-refractivity contribution in [3.8, 4) is 0 Å². The van der Waals surface area contributed by atoms with Crippen molar-refractivity contribution >= 4 is 29.2 Å². The number of rotatable bonds is 6. The van der Waals surface area contributed by atoms with Crippen molar-refractivity contribution in [1.29, 1.82) is 0 Å². The molecule has 144 valence electrons. The Labute approximate surface area is 170 Å². The quantitative estimate of drug-likeness (QED) is 0.707. The lowest BCUT2D eigenvalue weighted by Gasteiger charge is -2.41. The highest BCUT2D eigenvalue weighted by Gasteiger charge is 2.34. The standard InChI is InChI=1S/C21H24Cl2N2O2/c1-3-14(2)24-21(26)25-12-17(13-25)27-20(15-8-10-16(22)11-9-15)18-6-4-5-7-19(18)23/h4-11,14,17,20H,3,12-13H2,1-2H3,(H,24,26)/t14-,20?/m1/s1. The van der Waals surface area contributed by atoms with E-state index in [1.807, 2.05) is 62.4 Å². The molecule has 0 aromatic heterocycles. The normalized spacial score (nSPS) is 16.5. The molecule has 0 saturated carbocycles. The number of urea groups is 1. The summed E-state index contributed by atoms with van der Waals surface area (Å²) in [6.45, 7) is 5.18. The summed E-state index contributed by atoms with van der Waals surface area (Å²) in [5.74, 6) is 0. The van der Waals surface area contributed by atoms with Gasteiger partial charge >= 0.3 is 6.03 Å². The molecule has 1 unspecified atom stereocenters. The van der Waals surface area contributed by atoms with Gasteiger partial charge in [0.25, 0.3) is 0 Å². The lowest BCUT2D eigenvalue weighted by Crippen LogP contribution is -2.58. The largest absolute Gasteiger partial charge is 0.362 e. The summed E-state index contributed by atoms with van der Waals surface area (Å²) in [6.07, 6.45) is 0.565. The number of carbonyl (C=O) groups excluding carboxylic acids is 1. The van der Waals surface area contributed by atoms with Gasteiger partial charge in [0.2, 0.25) is 0 Å². The first-order chi connectivity index (χ1) is 13.0. The second-order valence-electron chi connectivity index (χ2n) is 6.87. The molecule has 1 fully saturated rings. The second-order valence-corrected chi connectivity index (χ2v) is 7.72. The Kier molecular flexibility index (Phi) is 6.64. The molecule has 6 heteroatoms. The Morgan fingerprint density at radius 3 is 2.48 bits per heavy atom. The molecule has 0 bridgehead atoms. The van der Waals surface area contributed by atoms with Gasteiger partial charge in [-0.25, -0.2) is 4.79 Å². The summed E-state index contributed by atoms with van der Waals surface area (Å²) in [7, 11) is 0. The number of amides is 2. The molecule has 1 heterocycles. The maximum atomic E-state index is 12.2. The Hall–Kier alpha value is -1.75. The maximum Gasteiger partial charge on any atom is 0.317 e. The van der Waals surface area contributed by atoms with E-state index in [-0.39, 0.29) is 24.3 Å². The average Bonchev–Trinajstić information content (AvgIpc) is 2.62. The van der Waals surface area contributed by atoms with E-state index in [2.05, 4.69) is 5.32 Å². The number of hydrogen-bond acceptors (Lipinski definition) is 2. The summed E-state index contributed by atoms with van der Waals surface area (Å²) in [4.78, 5) is 13.9. The predicted molar refractivity (Wildman–Crippen MR) is 109 cm³/mol. The molecule has 4 nitrogen and oxygen atoms in total. The van der Waals surface area contributed by atoms with Crippen LogP contribution in [0.4, 0.5) is 4.79 Å². The van der Waals surface area contributed by atoms with E-state index in [1.54, 1.807) is 4.90 Å². The maximum absolute atomic E-state index is 12.2. The molecule has 2 aromatic rings. The highest BCUT2D eigenvalue weighted by atomic mass is 35.5. The van der Waals surface area contributed by atoms with Crippen LogP contribution in [-0.4, -0.2) is 36.2 Å². The van der Waals surface area contributed by atoms with Gasteiger partial charge in [-0.2, -0.15) is 0 Å². The summed E-state index contributed by atoms with van der Waals surface area (Å²) in [5, 5.41) is 4.31. The lowest BCUT2D eigenvalue weighted by atomic mass is 10.0. The van der Waals surface area contributed by atoms with E-state index < -0.39 is 0 Å². The molecular weight excluding hydrogens is 383 g/mol. The zero-order valence-electron chi connectivity index (χ0n) is 15.5. The number of likely N-dealkylation sites (tertiary alicyclic amines) is 1. The van der Waals surface area contributed by atoms with Crippen LogP contribution in [0.2, 0.25) is 10.0 Å². The smallest absolute Gasteiger partial charge is 0.317 e. The zero-order valence-corrected chi connectivity index (χ0v) is 17.0. The lowest BCUT2D eigenvalue weighted by molar-refractivity contribution is -0.0647. The van der Waals surface area contributed by atoms with Crippen molar-refractivity contribution in [1.82, 2.24) is 10.2 Å². The van der Waals surface area contributed by atoms with Crippen LogP contribution in [0.1, 0.15) is 37.5 Å². The highest BCUT2D eigenvalue weighted by Crippen LogP contribution is 2.34. The van der Waals surface area contributed by atoms with Crippen LogP contribution in [0, 0.1) is 0 Å². The van der Waals surface area contributed by atoms with E-state index in [9.17, 15) is 4.79 Å². The molecule has 1 N–H and O–H groups in total. The van der Waals surface area contributed by atoms with Crippen molar-refractivity contribution in [2.75, 3.05) is 13.1 Å². The number of nitrogens with zero attached hydrogens (tertiary/aromatic N) is 1. The molecule has 3 rings (SSSR count). The van der Waals surface area contributed by atoms with E-state index in [4.69, 9.17) is 27.9 Å². The van der Waals surface area contributed by atoms with Crippen LogP contribution in [0.25, 0.3) is 0 Å². The molecule has 0 radical (unpaired) electrons. The Balaban J connectivity index is 1.70. The molecular formula is C21H24Cl2N2O2. The third-order valence-corrected chi connectivity index (χ3v) is 5.40. The molecule has 1 saturated heterocycles. The highest BCUT2D eigenvalue weighted by molar-refractivity contribution is 6.31. The molecule has 0 spiro atoms. The van der Waals surface area contributed by atoms with Gasteiger partial charge in [0.15, 0.2) is 0 Å². The fourth-order valence-corrected chi connectivity index (χ4v) is 3.30. The predicted octanol–water partition coefficient (Wildman–Crippen LogP) is 5.29. The van der Waals surface area contributed by atoms with Crippen molar-refractivity contribution in [2.45, 2.75) is 38.5 Å². The minimum absolute atomic E-state index is 0.0370. The van der Waals surface area contributed by atoms with Crippen molar-refractivity contribution < 1.29 is 9.53 Å². The summed E-state index contributed by atoms with van der Waals surface area (Å²) in [5.41, 5.74) is 1.89. The monoisotopic (exact) mass is 406 g/mol. The molecule has 0 aliphatic carbocycles. The van der Waals surface area contributed by atoms with E-state index in [0.29, 0.717) is 23.1 Å². The van der Waals surface area contributed by atoms with Gasteiger partial charge in [0, 0.05) is 21.7 Å². The van der Waals surface area contributed by atoms with Crippen molar-refractivity contribution in [2.24, 2.45) is 0 Å². The Morgan fingerprint density at radius 2 is 1.85 bits per heavy atom. The number of hydrogen-bond donors (Lipinski definition) is 1. The Bertz CT molecular complexity index is 776. The number of nitrogens with one attached hydrogen (secondary N) is 1. The summed E-state index contributed by atoms with van der Waals surface area (Å²) >= 11 is 12.4. The Morgan fingerprint density at radius 1 is 1.19 bits per heavy atom. The van der Waals surface area contributed by atoms with Gasteiger partial charge in [-0.1, -0.05) is 60.5 Å². The van der Waals surface area contributed by atoms with Crippen LogP contribution in [0.15, 0.2) is 48.5 Å². The van der Waals surface area contributed by atoms with Gasteiger partial charge in [-0.05, 0) is 37.1 Å². The molecule has 2 amide bonds. The zero-order chi connectivity index (χ0) is 19.4. The van der Waals surface area contributed by atoms with Gasteiger partial charge in [-0.15, -0.1) is 0 Å². The molecule has 1 aliphatic heterocycles.